The van der Waals surface area contributed by atoms with Crippen LogP contribution >= 0.6 is 15.9 Å². The average molecular weight is 220 g/mol. The Morgan fingerprint density at radius 3 is 2.78 bits per heavy atom. The number of rotatable bonds is 4. The molecule has 0 aromatic heterocycles. The Bertz CT molecular complexity index is 104. The van der Waals surface area contributed by atoms with Crippen molar-refractivity contribution in [2.75, 3.05) is 11.9 Å². The number of halogens is 2. The number of hydrogen-bond acceptors (Lipinski definition) is 2. The molecule has 0 aliphatic rings. The van der Waals surface area contributed by atoms with Gasteiger partial charge in [0.2, 0.25) is 11.1 Å². The minimum absolute atomic E-state index is 0.341. The molecule has 0 radical (unpaired) electrons. The van der Waals surface area contributed by atoms with Crippen molar-refractivity contribution in [1.82, 2.24) is 5.32 Å². The third kappa shape index (κ3) is 4.95. The lowest BCUT2D eigenvalue weighted by atomic mass is 10.8. The summed E-state index contributed by atoms with van der Waals surface area (Å²) in [5, 5.41) is 2.73. The lowest BCUT2D eigenvalue weighted by molar-refractivity contribution is 0.358. The largest absolute Gasteiger partial charge is 0.303 e. The molecule has 0 aromatic carbocycles. The lowest BCUT2D eigenvalue weighted by Crippen LogP contribution is -2.29. The number of hydrogen-bond donors (Lipinski definition) is 2. The van der Waals surface area contributed by atoms with Gasteiger partial charge in [-0.3, -0.25) is 5.32 Å². The zero-order chi connectivity index (χ0) is 7.28. The van der Waals surface area contributed by atoms with E-state index in [1.165, 1.54) is 0 Å². The molecule has 0 fully saturated rings. The normalized spacial score (nSPS) is 17.2. The molecule has 0 aliphatic carbocycles. The van der Waals surface area contributed by atoms with Crippen molar-refractivity contribution < 1.29 is 13.2 Å². The van der Waals surface area contributed by atoms with Crippen LogP contribution in [-0.4, -0.2) is 26.3 Å². The van der Waals surface area contributed by atoms with Crippen molar-refractivity contribution in [3.63, 3.8) is 0 Å². The van der Waals surface area contributed by atoms with Gasteiger partial charge in [-0.2, -0.15) is 0 Å². The summed E-state index contributed by atoms with van der Waals surface area (Å²) < 4.78 is 30.0. The SMILES string of the molecule is O=S(O)C(F)NCCBr. The monoisotopic (exact) mass is 219 g/mol. The standard InChI is InChI=1S/C3H7BrFNO2S/c4-1-2-6-3(5)9(7)8/h3,6H,1-2H2,(H,7,8). The molecule has 0 spiro atoms. The quantitative estimate of drug-likeness (QED) is 0.410. The first kappa shape index (κ1) is 9.48. The maximum atomic E-state index is 12.0. The highest BCUT2D eigenvalue weighted by atomic mass is 79.9. The maximum Gasteiger partial charge on any atom is 0.252 e. The number of nitrogens with one attached hydrogen (secondary N) is 1. The molecule has 0 saturated carbocycles. The van der Waals surface area contributed by atoms with E-state index in [0.29, 0.717) is 11.9 Å². The summed E-state index contributed by atoms with van der Waals surface area (Å²) in [6, 6.07) is 0. The highest BCUT2D eigenvalue weighted by Crippen LogP contribution is 1.89. The summed E-state index contributed by atoms with van der Waals surface area (Å²) in [6.07, 6.45) is 0. The van der Waals surface area contributed by atoms with Gasteiger partial charge in [0.25, 0.3) is 5.63 Å². The van der Waals surface area contributed by atoms with Crippen molar-refractivity contribution in [1.29, 1.82) is 0 Å². The summed E-state index contributed by atoms with van der Waals surface area (Å²) in [6.45, 7) is 0.341. The van der Waals surface area contributed by atoms with Crippen LogP contribution in [0.15, 0.2) is 0 Å². The Morgan fingerprint density at radius 2 is 2.44 bits per heavy atom. The van der Waals surface area contributed by atoms with Gasteiger partial charge < -0.3 is 4.55 Å². The van der Waals surface area contributed by atoms with E-state index in [4.69, 9.17) is 4.55 Å². The molecular formula is C3H7BrFNO2S. The molecule has 3 nitrogen and oxygen atoms in total. The minimum Gasteiger partial charge on any atom is -0.303 e. The van der Waals surface area contributed by atoms with E-state index < -0.39 is 16.7 Å². The van der Waals surface area contributed by atoms with E-state index in [2.05, 4.69) is 21.2 Å². The first-order valence-electron chi connectivity index (χ1n) is 2.21. The van der Waals surface area contributed by atoms with Gasteiger partial charge in [-0.1, -0.05) is 15.9 Å². The summed E-state index contributed by atoms with van der Waals surface area (Å²) in [5.41, 5.74) is -1.83. The average Bonchev–Trinajstić information content (AvgIpc) is 1.82. The second-order valence-corrected chi connectivity index (χ2v) is 2.99. The van der Waals surface area contributed by atoms with Gasteiger partial charge in [-0.05, 0) is 0 Å². The van der Waals surface area contributed by atoms with Crippen LogP contribution in [0.5, 0.6) is 0 Å². The van der Waals surface area contributed by atoms with Crippen LogP contribution in [0, 0.1) is 0 Å². The smallest absolute Gasteiger partial charge is 0.252 e. The van der Waals surface area contributed by atoms with E-state index in [1.54, 1.807) is 0 Å². The zero-order valence-corrected chi connectivity index (χ0v) is 6.91. The third-order valence-corrected chi connectivity index (χ3v) is 1.49. The summed E-state index contributed by atoms with van der Waals surface area (Å²) >= 11 is 0.607. The van der Waals surface area contributed by atoms with Gasteiger partial charge in [-0.15, -0.1) is 0 Å². The summed E-state index contributed by atoms with van der Waals surface area (Å²) in [4.78, 5) is 0. The van der Waals surface area contributed by atoms with Gasteiger partial charge >= 0.3 is 0 Å². The molecule has 0 aromatic rings. The molecule has 2 atom stereocenters. The maximum absolute atomic E-state index is 12.0. The van der Waals surface area contributed by atoms with Gasteiger partial charge in [0.1, 0.15) is 0 Å². The fourth-order valence-corrected chi connectivity index (χ4v) is 0.729. The van der Waals surface area contributed by atoms with Crippen LogP contribution in [-0.2, 0) is 11.1 Å². The van der Waals surface area contributed by atoms with E-state index in [1.807, 2.05) is 0 Å². The van der Waals surface area contributed by atoms with Crippen molar-refractivity contribution in [2.24, 2.45) is 0 Å². The molecule has 0 rings (SSSR count). The van der Waals surface area contributed by atoms with Gasteiger partial charge in [-0.25, -0.2) is 8.60 Å². The topological polar surface area (TPSA) is 49.3 Å². The summed E-state index contributed by atoms with van der Waals surface area (Å²) in [5.74, 6) is 0. The second-order valence-electron chi connectivity index (χ2n) is 1.24. The van der Waals surface area contributed by atoms with E-state index in [9.17, 15) is 8.60 Å². The first-order chi connectivity index (χ1) is 4.18. The summed E-state index contributed by atoms with van der Waals surface area (Å²) in [7, 11) is 0. The molecule has 0 heterocycles. The predicted octanol–water partition coefficient (Wildman–Crippen LogP) is 0.446. The minimum atomic E-state index is -2.41. The second kappa shape index (κ2) is 5.28. The fraction of sp³-hybridized carbons (Fsp3) is 1.00. The van der Waals surface area contributed by atoms with E-state index >= 15 is 0 Å². The highest BCUT2D eigenvalue weighted by Gasteiger charge is 2.09. The number of alkyl halides is 2. The molecule has 6 heteroatoms. The molecule has 9 heavy (non-hydrogen) atoms. The fourth-order valence-electron chi connectivity index (χ4n) is 0.239. The van der Waals surface area contributed by atoms with Crippen LogP contribution in [0.2, 0.25) is 0 Å². The Hall–Kier alpha value is 0.480. The van der Waals surface area contributed by atoms with Crippen molar-refractivity contribution >= 4 is 27.0 Å². The first-order valence-corrected chi connectivity index (χ1v) is 4.50. The van der Waals surface area contributed by atoms with Crippen molar-refractivity contribution in [2.45, 2.75) is 5.63 Å². The molecule has 0 amide bonds. The van der Waals surface area contributed by atoms with Crippen LogP contribution in [0.1, 0.15) is 0 Å². The van der Waals surface area contributed by atoms with Crippen LogP contribution in [0.3, 0.4) is 0 Å². The lowest BCUT2D eigenvalue weighted by Gasteiger charge is -2.02. The van der Waals surface area contributed by atoms with Crippen LogP contribution < -0.4 is 5.32 Å². The molecule has 2 N–H and O–H groups in total. The zero-order valence-electron chi connectivity index (χ0n) is 4.51. The van der Waals surface area contributed by atoms with Gasteiger partial charge in [0, 0.05) is 11.9 Å². The molecule has 56 valence electrons. The van der Waals surface area contributed by atoms with Crippen molar-refractivity contribution in [3.05, 3.63) is 0 Å². The van der Waals surface area contributed by atoms with Crippen LogP contribution in [0.25, 0.3) is 0 Å². The highest BCUT2D eigenvalue weighted by molar-refractivity contribution is 9.09. The van der Waals surface area contributed by atoms with Crippen LogP contribution in [0.4, 0.5) is 4.39 Å². The molecule has 2 unspecified atom stereocenters. The third-order valence-electron chi connectivity index (χ3n) is 0.576. The molecule has 0 bridgehead atoms. The Balaban J connectivity index is 3.27. The Kier molecular flexibility index (Phi) is 5.56. The molecule has 0 saturated heterocycles. The van der Waals surface area contributed by atoms with Gasteiger partial charge in [0.05, 0.1) is 0 Å². The Morgan fingerprint density at radius 1 is 1.89 bits per heavy atom. The molecule has 0 aliphatic heterocycles. The van der Waals surface area contributed by atoms with E-state index in [0.717, 1.165) is 0 Å². The van der Waals surface area contributed by atoms with Gasteiger partial charge in [0.15, 0.2) is 0 Å². The molecular weight excluding hydrogens is 213 g/mol. The van der Waals surface area contributed by atoms with E-state index in [-0.39, 0.29) is 0 Å². The van der Waals surface area contributed by atoms with Crippen molar-refractivity contribution in [3.8, 4) is 0 Å². The predicted molar refractivity (Wildman–Crippen MR) is 37.5 cm³/mol. The Labute approximate surface area is 63.4 Å².